The lowest BCUT2D eigenvalue weighted by Gasteiger charge is -2.30. The van der Waals surface area contributed by atoms with E-state index >= 15 is 0 Å². The molecule has 0 radical (unpaired) electrons. The molecule has 21 heavy (non-hydrogen) atoms. The normalized spacial score (nSPS) is 25.2. The molecule has 1 aromatic carbocycles. The fourth-order valence-electron chi connectivity index (χ4n) is 3.12. The number of aliphatic hydroxyl groups is 1. The smallest absolute Gasteiger partial charge is 0.387 e. The van der Waals surface area contributed by atoms with Crippen LogP contribution in [0.25, 0.3) is 0 Å². The lowest BCUT2D eigenvalue weighted by atomic mass is 10.0. The third-order valence-corrected chi connectivity index (χ3v) is 4.41. The lowest BCUT2D eigenvalue weighted by molar-refractivity contribution is -0.137. The summed E-state index contributed by atoms with van der Waals surface area (Å²) in [6, 6.07) is 5.78. The molecule has 1 aromatic rings. The van der Waals surface area contributed by atoms with E-state index in [0.717, 1.165) is 31.4 Å². The van der Waals surface area contributed by atoms with Gasteiger partial charge in [-0.1, -0.05) is 19.1 Å². The van der Waals surface area contributed by atoms with Crippen LogP contribution in [0.15, 0.2) is 24.3 Å². The Balaban J connectivity index is 2.11. The summed E-state index contributed by atoms with van der Waals surface area (Å²) >= 11 is 0. The van der Waals surface area contributed by atoms with E-state index in [1.807, 2.05) is 0 Å². The second kappa shape index (κ2) is 6.36. The molecule has 0 saturated carbocycles. The van der Waals surface area contributed by atoms with Crippen molar-refractivity contribution in [3.8, 4) is 0 Å². The first kappa shape index (κ1) is 16.3. The van der Waals surface area contributed by atoms with Gasteiger partial charge in [-0.3, -0.25) is 4.90 Å². The predicted molar refractivity (Wildman–Crippen MR) is 75.9 cm³/mol. The van der Waals surface area contributed by atoms with Crippen LogP contribution in [0.1, 0.15) is 50.3 Å². The van der Waals surface area contributed by atoms with Crippen molar-refractivity contribution in [3.05, 3.63) is 35.4 Å². The molecule has 0 aromatic heterocycles. The minimum atomic E-state index is -4.37. The van der Waals surface area contributed by atoms with Crippen molar-refractivity contribution in [2.45, 2.75) is 57.5 Å². The fraction of sp³-hybridized carbons (Fsp3) is 0.625. The van der Waals surface area contributed by atoms with Crippen molar-refractivity contribution >= 4 is 0 Å². The second-order valence-electron chi connectivity index (χ2n) is 5.82. The molecule has 3 atom stereocenters. The zero-order valence-electron chi connectivity index (χ0n) is 12.4. The number of hydrogen-bond acceptors (Lipinski definition) is 2. The van der Waals surface area contributed by atoms with Crippen LogP contribution in [-0.4, -0.2) is 28.6 Å². The Morgan fingerprint density at radius 3 is 2.67 bits per heavy atom. The average molecular weight is 301 g/mol. The summed E-state index contributed by atoms with van der Waals surface area (Å²) in [7, 11) is 0. The molecule has 2 rings (SSSR count). The number of alkyl halides is 3. The molecule has 1 heterocycles. The largest absolute Gasteiger partial charge is 0.416 e. The molecule has 0 bridgehead atoms. The number of rotatable bonds is 4. The van der Waals surface area contributed by atoms with Gasteiger partial charge in [0.05, 0.1) is 11.7 Å². The van der Waals surface area contributed by atoms with Gasteiger partial charge in [-0.25, -0.2) is 0 Å². The number of nitrogens with zero attached hydrogens (tertiary/aromatic N) is 1. The van der Waals surface area contributed by atoms with Crippen LogP contribution < -0.4 is 0 Å². The molecule has 5 heteroatoms. The van der Waals surface area contributed by atoms with Crippen molar-refractivity contribution in [2.24, 2.45) is 0 Å². The summed E-state index contributed by atoms with van der Waals surface area (Å²) < 4.78 is 38.2. The van der Waals surface area contributed by atoms with Gasteiger partial charge >= 0.3 is 6.18 Å². The minimum Gasteiger partial charge on any atom is -0.387 e. The maximum Gasteiger partial charge on any atom is 0.416 e. The lowest BCUT2D eigenvalue weighted by Crippen LogP contribution is -2.37. The molecule has 118 valence electrons. The van der Waals surface area contributed by atoms with Gasteiger partial charge in [0.1, 0.15) is 0 Å². The molecule has 1 N–H and O–H groups in total. The summed E-state index contributed by atoms with van der Waals surface area (Å²) in [6.07, 6.45) is -2.09. The van der Waals surface area contributed by atoms with Gasteiger partial charge in [-0.15, -0.1) is 0 Å². The highest BCUT2D eigenvalue weighted by molar-refractivity contribution is 5.27. The number of likely N-dealkylation sites (tertiary alicyclic amines) is 1. The molecular weight excluding hydrogens is 279 g/mol. The molecule has 3 unspecified atom stereocenters. The van der Waals surface area contributed by atoms with E-state index in [0.29, 0.717) is 24.2 Å². The molecule has 1 saturated heterocycles. The fourth-order valence-corrected chi connectivity index (χ4v) is 3.12. The van der Waals surface area contributed by atoms with Crippen LogP contribution in [0.4, 0.5) is 13.2 Å². The Morgan fingerprint density at radius 1 is 1.33 bits per heavy atom. The average Bonchev–Trinajstić information content (AvgIpc) is 2.79. The van der Waals surface area contributed by atoms with Crippen molar-refractivity contribution in [3.63, 3.8) is 0 Å². The summed E-state index contributed by atoms with van der Waals surface area (Å²) in [4.78, 5) is 2.21. The SMILES string of the molecule is CCC1CCC(C)N1CC(O)c1cccc(C(F)(F)F)c1. The number of halogens is 3. The zero-order valence-corrected chi connectivity index (χ0v) is 12.4. The standard InChI is InChI=1S/C16H22F3NO/c1-3-14-8-7-11(2)20(14)10-15(21)12-5-4-6-13(9-12)16(17,18)19/h4-6,9,11,14-15,21H,3,7-8,10H2,1-2H3. The molecule has 1 aliphatic heterocycles. The highest BCUT2D eigenvalue weighted by Crippen LogP contribution is 2.32. The first-order chi connectivity index (χ1) is 9.82. The summed E-state index contributed by atoms with van der Waals surface area (Å²) in [5.41, 5.74) is -0.376. The summed E-state index contributed by atoms with van der Waals surface area (Å²) in [5.74, 6) is 0. The van der Waals surface area contributed by atoms with Crippen molar-refractivity contribution in [2.75, 3.05) is 6.54 Å². The number of hydrogen-bond donors (Lipinski definition) is 1. The highest BCUT2D eigenvalue weighted by atomic mass is 19.4. The Morgan fingerprint density at radius 2 is 2.05 bits per heavy atom. The van der Waals surface area contributed by atoms with Crippen molar-refractivity contribution < 1.29 is 18.3 Å². The number of benzene rings is 1. The molecule has 2 nitrogen and oxygen atoms in total. The molecular formula is C16H22F3NO. The molecule has 1 fully saturated rings. The second-order valence-corrected chi connectivity index (χ2v) is 5.82. The monoisotopic (exact) mass is 301 g/mol. The van der Waals surface area contributed by atoms with Gasteiger partial charge in [-0.2, -0.15) is 13.2 Å². The van der Waals surface area contributed by atoms with Gasteiger partial charge in [0.25, 0.3) is 0 Å². The van der Waals surface area contributed by atoms with Crippen LogP contribution >= 0.6 is 0 Å². The van der Waals surface area contributed by atoms with E-state index in [1.54, 1.807) is 6.07 Å². The van der Waals surface area contributed by atoms with E-state index in [2.05, 4.69) is 18.7 Å². The van der Waals surface area contributed by atoms with Crippen LogP contribution in [0.3, 0.4) is 0 Å². The molecule has 0 amide bonds. The van der Waals surface area contributed by atoms with E-state index < -0.39 is 17.8 Å². The first-order valence-corrected chi connectivity index (χ1v) is 7.44. The van der Waals surface area contributed by atoms with E-state index in [4.69, 9.17) is 0 Å². The third kappa shape index (κ3) is 3.77. The predicted octanol–water partition coefficient (Wildman–Crippen LogP) is 4.00. The summed E-state index contributed by atoms with van der Waals surface area (Å²) in [6.45, 7) is 4.60. The Bertz CT molecular complexity index is 475. The Labute approximate surface area is 123 Å². The molecule has 1 aliphatic rings. The van der Waals surface area contributed by atoms with Gasteiger partial charge in [0.2, 0.25) is 0 Å². The van der Waals surface area contributed by atoms with Gasteiger partial charge in [-0.05, 0) is 43.9 Å². The van der Waals surface area contributed by atoms with Crippen LogP contribution in [0, 0.1) is 0 Å². The van der Waals surface area contributed by atoms with Gasteiger partial charge in [0, 0.05) is 18.6 Å². The van der Waals surface area contributed by atoms with E-state index in [9.17, 15) is 18.3 Å². The number of aliphatic hydroxyl groups excluding tert-OH is 1. The first-order valence-electron chi connectivity index (χ1n) is 7.44. The van der Waals surface area contributed by atoms with E-state index in [1.165, 1.54) is 6.07 Å². The zero-order chi connectivity index (χ0) is 15.6. The maximum atomic E-state index is 12.7. The third-order valence-electron chi connectivity index (χ3n) is 4.41. The molecule has 0 aliphatic carbocycles. The minimum absolute atomic E-state index is 0.332. The van der Waals surface area contributed by atoms with E-state index in [-0.39, 0.29) is 0 Å². The topological polar surface area (TPSA) is 23.5 Å². The van der Waals surface area contributed by atoms with Crippen LogP contribution in [-0.2, 0) is 6.18 Å². The maximum absolute atomic E-state index is 12.7. The molecule has 0 spiro atoms. The van der Waals surface area contributed by atoms with Crippen LogP contribution in [0.5, 0.6) is 0 Å². The number of β-amino-alcohol motifs (C(OH)–C–C–N with tert-alkyl or cyclic N) is 1. The van der Waals surface area contributed by atoms with Gasteiger partial charge in [0.15, 0.2) is 0 Å². The summed E-state index contributed by atoms with van der Waals surface area (Å²) in [5, 5.41) is 10.3. The van der Waals surface area contributed by atoms with Crippen LogP contribution in [0.2, 0.25) is 0 Å². The Hall–Kier alpha value is -1.07. The highest BCUT2D eigenvalue weighted by Gasteiger charge is 2.33. The van der Waals surface area contributed by atoms with Gasteiger partial charge < -0.3 is 5.11 Å². The Kier molecular flexibility index (Phi) is 4.94. The quantitative estimate of drug-likeness (QED) is 0.908. The van der Waals surface area contributed by atoms with Crippen molar-refractivity contribution in [1.82, 2.24) is 4.90 Å². The van der Waals surface area contributed by atoms with Crippen molar-refractivity contribution in [1.29, 1.82) is 0 Å².